The quantitative estimate of drug-likeness (QED) is 0.278. The van der Waals surface area contributed by atoms with Crippen LogP contribution in [0.2, 0.25) is 0 Å². The first kappa shape index (κ1) is 26.2. The summed E-state index contributed by atoms with van der Waals surface area (Å²) in [7, 11) is -2.81. The van der Waals surface area contributed by atoms with Crippen LogP contribution in [0.3, 0.4) is 0 Å². The first-order valence-electron chi connectivity index (χ1n) is 14.6. The van der Waals surface area contributed by atoms with Crippen LogP contribution in [0.5, 0.6) is 0 Å². The van der Waals surface area contributed by atoms with Crippen molar-refractivity contribution >= 4 is 34.4 Å². The van der Waals surface area contributed by atoms with Crippen LogP contribution in [-0.4, -0.2) is 64.9 Å². The van der Waals surface area contributed by atoms with E-state index in [9.17, 15) is 27.2 Å². The molecule has 2 aliphatic rings. The molecule has 13 heteroatoms. The number of aromatic nitrogens is 2. The average Bonchev–Trinajstić information content (AvgIpc) is 2.94. The molecule has 0 N–H and O–H groups in total. The van der Waals surface area contributed by atoms with Gasteiger partial charge in [-0.3, -0.25) is 9.36 Å². The lowest BCUT2D eigenvalue weighted by Crippen LogP contribution is -2.58. The number of halogens is 5. The van der Waals surface area contributed by atoms with E-state index in [1.165, 1.54) is 13.0 Å². The van der Waals surface area contributed by atoms with E-state index in [0.29, 0.717) is 6.07 Å². The fraction of sp³-hybridized carbons (Fsp3) is 0.414. The summed E-state index contributed by atoms with van der Waals surface area (Å²) in [6.45, 7) is 8.09. The predicted octanol–water partition coefficient (Wildman–Crippen LogP) is 5.57. The Hall–Kier alpha value is -3.45. The van der Waals surface area contributed by atoms with Gasteiger partial charge in [-0.05, 0) is 44.5 Å². The number of ether oxygens (including phenoxy) is 1. The fourth-order valence-corrected chi connectivity index (χ4v) is 7.24. The topological polar surface area (TPSA) is 67.7 Å². The van der Waals surface area contributed by atoms with E-state index >= 15 is 4.39 Å². The average molecular weight is 612 g/mol. The number of anilines is 1. The van der Waals surface area contributed by atoms with E-state index in [-0.39, 0.29) is 51.9 Å². The van der Waals surface area contributed by atoms with Gasteiger partial charge in [-0.15, -0.1) is 11.8 Å². The third-order valence-corrected chi connectivity index (χ3v) is 8.91. The molecule has 0 unspecified atom stereocenters. The number of carbonyl (C=O) groups is 1. The van der Waals surface area contributed by atoms with Crippen molar-refractivity contribution in [3.8, 4) is 11.1 Å². The maximum atomic E-state index is 15.3. The van der Waals surface area contributed by atoms with Crippen molar-refractivity contribution in [3.05, 3.63) is 64.1 Å². The molecule has 0 aliphatic carbocycles. The highest BCUT2D eigenvalue weighted by molar-refractivity contribution is 7.99. The number of rotatable bonds is 5. The van der Waals surface area contributed by atoms with Gasteiger partial charge in [0.1, 0.15) is 17.5 Å². The molecular formula is C29H29F5N4O3S. The minimum atomic E-state index is -5.01. The summed E-state index contributed by atoms with van der Waals surface area (Å²) in [6, 6.07) is 0.501. The van der Waals surface area contributed by atoms with E-state index in [1.54, 1.807) is 23.6 Å². The van der Waals surface area contributed by atoms with E-state index in [2.05, 4.69) is 11.6 Å². The Morgan fingerprint density at radius 1 is 1.21 bits per heavy atom. The third kappa shape index (κ3) is 4.96. The minimum absolute atomic E-state index is 0.00493. The summed E-state index contributed by atoms with van der Waals surface area (Å²) in [5, 5.41) is -0.0751. The summed E-state index contributed by atoms with van der Waals surface area (Å²) >= 11 is 0.889. The molecule has 0 radical (unpaired) electrons. The molecule has 2 aliphatic heterocycles. The number of hydrogen-bond donors (Lipinski definition) is 0. The Bertz CT molecular complexity index is 1750. The molecule has 3 heterocycles. The molecule has 0 bridgehead atoms. The minimum Gasteiger partial charge on any atom is -0.383 e. The van der Waals surface area contributed by atoms with Crippen LogP contribution in [0.4, 0.5) is 27.8 Å². The van der Waals surface area contributed by atoms with Crippen LogP contribution in [0.25, 0.3) is 22.0 Å². The Morgan fingerprint density at radius 3 is 2.52 bits per heavy atom. The van der Waals surface area contributed by atoms with Crippen LogP contribution in [-0.2, 0) is 15.7 Å². The van der Waals surface area contributed by atoms with E-state index in [4.69, 9.17) is 8.85 Å². The fourth-order valence-electron chi connectivity index (χ4n) is 5.93. The van der Waals surface area contributed by atoms with Crippen LogP contribution < -0.4 is 10.6 Å². The number of alkyl halides is 3. The smallest absolute Gasteiger partial charge is 0.383 e. The third-order valence-electron chi connectivity index (χ3n) is 7.68. The number of piperazine rings is 1. The van der Waals surface area contributed by atoms with Gasteiger partial charge >= 0.3 is 11.9 Å². The molecule has 1 aromatic heterocycles. The van der Waals surface area contributed by atoms with Crippen molar-refractivity contribution in [2.45, 2.75) is 50.0 Å². The Kier molecular flexibility index (Phi) is 6.86. The van der Waals surface area contributed by atoms with Crippen LogP contribution in [0, 0.1) is 18.6 Å². The molecule has 0 saturated carbocycles. The first-order chi connectivity index (χ1) is 20.9. The van der Waals surface area contributed by atoms with Gasteiger partial charge in [0.25, 0.3) is 0 Å². The molecule has 1 saturated heterocycles. The zero-order valence-electron chi connectivity index (χ0n) is 25.9. The number of methoxy groups -OCH3 is 1. The van der Waals surface area contributed by atoms with E-state index < -0.39 is 72.0 Å². The van der Waals surface area contributed by atoms with Gasteiger partial charge in [-0.1, -0.05) is 6.58 Å². The highest BCUT2D eigenvalue weighted by Crippen LogP contribution is 2.50. The van der Waals surface area contributed by atoms with Crippen molar-refractivity contribution in [1.29, 1.82) is 0 Å². The van der Waals surface area contributed by atoms with Crippen molar-refractivity contribution < 1.29 is 35.6 Å². The maximum absolute atomic E-state index is 15.3. The molecule has 42 heavy (non-hydrogen) atoms. The standard InChI is InChI=1S/C29H29F5N4O3S/c1-6-23(39)37-15(3)10-36(11-16(37)4)27-19-8-20(29(32,33)34)24(18-7-14(2)21(30)9-22(18)31)26-25(19)38(28(40)35-27)17(12-41-5)13-42-26/h6-9,15-17H,1,10-13H2,2-5H3/t15-,16+,17-/m0/s1/i5D3. The SMILES string of the molecule is [2H]C([2H])([2H])OC[C@H]1CSc2c(-c3cc(C)c(F)cc3F)c(C(F)(F)F)cc3c(N4C[C@@H](C)N(C(=O)C=C)[C@@H](C)C4)nc(=O)n1c23. The Morgan fingerprint density at radius 2 is 1.90 bits per heavy atom. The van der Waals surface area contributed by atoms with Crippen molar-refractivity contribution in [3.63, 3.8) is 0 Å². The number of carbonyl (C=O) groups excluding carboxylic acids is 1. The summed E-state index contributed by atoms with van der Waals surface area (Å²) < 4.78 is 102. The molecule has 3 aromatic rings. The van der Waals surface area contributed by atoms with Gasteiger partial charge in [0, 0.05) is 65.4 Å². The lowest BCUT2D eigenvalue weighted by Gasteiger charge is -2.45. The molecule has 3 atom stereocenters. The number of aryl methyl sites for hydroxylation is 1. The lowest BCUT2D eigenvalue weighted by molar-refractivity contribution is -0.137. The number of nitrogens with zero attached hydrogens (tertiary/aromatic N) is 4. The highest BCUT2D eigenvalue weighted by Gasteiger charge is 2.41. The number of benzene rings is 2. The van der Waals surface area contributed by atoms with Gasteiger partial charge in [0.15, 0.2) is 0 Å². The molecule has 2 aromatic carbocycles. The van der Waals surface area contributed by atoms with Gasteiger partial charge in [0.05, 0.1) is 27.8 Å². The van der Waals surface area contributed by atoms with Crippen LogP contribution >= 0.6 is 11.8 Å². The van der Waals surface area contributed by atoms with Gasteiger partial charge in [-0.25, -0.2) is 13.6 Å². The van der Waals surface area contributed by atoms with Crippen molar-refractivity contribution in [2.24, 2.45) is 0 Å². The monoisotopic (exact) mass is 611 g/mol. The van der Waals surface area contributed by atoms with Crippen LogP contribution in [0.15, 0.2) is 40.5 Å². The van der Waals surface area contributed by atoms with E-state index in [0.717, 1.165) is 28.5 Å². The Labute approximate surface area is 247 Å². The molecule has 224 valence electrons. The second-order valence-corrected chi connectivity index (χ2v) is 11.6. The van der Waals surface area contributed by atoms with Crippen molar-refractivity contribution in [2.75, 3.05) is 37.4 Å². The van der Waals surface area contributed by atoms with Crippen molar-refractivity contribution in [1.82, 2.24) is 14.5 Å². The molecular weight excluding hydrogens is 579 g/mol. The Balaban J connectivity index is 1.83. The second kappa shape index (κ2) is 11.0. The number of hydrogen-bond acceptors (Lipinski definition) is 6. The van der Waals surface area contributed by atoms with Crippen LogP contribution in [0.1, 0.15) is 35.1 Å². The number of amides is 1. The van der Waals surface area contributed by atoms with E-state index in [1.807, 2.05) is 0 Å². The summed E-state index contributed by atoms with van der Waals surface area (Å²) in [5.74, 6) is -2.64. The second-order valence-electron chi connectivity index (χ2n) is 10.5. The molecule has 1 fully saturated rings. The summed E-state index contributed by atoms with van der Waals surface area (Å²) in [6.07, 6.45) is -3.84. The lowest BCUT2D eigenvalue weighted by atomic mass is 9.94. The van der Waals surface area contributed by atoms with Gasteiger partial charge in [-0.2, -0.15) is 18.2 Å². The summed E-state index contributed by atoms with van der Waals surface area (Å²) in [4.78, 5) is 33.5. The maximum Gasteiger partial charge on any atom is 0.417 e. The molecule has 1 amide bonds. The molecule has 5 rings (SSSR count). The normalized spacial score (nSPS) is 22.1. The number of thioether (sulfide) groups is 1. The van der Waals surface area contributed by atoms with Gasteiger partial charge in [0.2, 0.25) is 5.91 Å². The zero-order valence-corrected chi connectivity index (χ0v) is 23.7. The zero-order chi connectivity index (χ0) is 33.2. The highest BCUT2D eigenvalue weighted by atomic mass is 32.2. The van der Waals surface area contributed by atoms with Gasteiger partial charge < -0.3 is 14.5 Å². The largest absolute Gasteiger partial charge is 0.417 e. The molecule has 7 nitrogen and oxygen atoms in total. The predicted molar refractivity (Wildman–Crippen MR) is 151 cm³/mol. The molecule has 0 spiro atoms. The summed E-state index contributed by atoms with van der Waals surface area (Å²) in [5.41, 5.74) is -3.24. The first-order valence-corrected chi connectivity index (χ1v) is 14.0.